The van der Waals surface area contributed by atoms with Crippen molar-refractivity contribution in [3.05, 3.63) is 36.0 Å². The number of rotatable bonds is 14. The predicted octanol–water partition coefficient (Wildman–Crippen LogP) is 2.49. The van der Waals surface area contributed by atoms with Crippen molar-refractivity contribution in [3.8, 4) is 0 Å². The summed E-state index contributed by atoms with van der Waals surface area (Å²) in [6, 6.07) is 7.57. The number of Topliss-reactive ketones (excluding diaryl/α,β-unsaturated/α-hetero) is 1. The first-order valence-electron chi connectivity index (χ1n) is 13.0. The van der Waals surface area contributed by atoms with Crippen LogP contribution in [0.1, 0.15) is 51.0 Å². The van der Waals surface area contributed by atoms with Crippen molar-refractivity contribution in [2.24, 2.45) is 0 Å². The number of hydrogen-bond donors (Lipinski definition) is 3. The number of ketones is 1. The molecule has 3 N–H and O–H groups in total. The summed E-state index contributed by atoms with van der Waals surface area (Å²) < 4.78 is 0. The highest BCUT2D eigenvalue weighted by atomic mass is 16.2. The van der Waals surface area contributed by atoms with Crippen molar-refractivity contribution in [3.63, 3.8) is 0 Å². The van der Waals surface area contributed by atoms with Crippen LogP contribution in [0.25, 0.3) is 10.9 Å². The summed E-state index contributed by atoms with van der Waals surface area (Å²) in [6.07, 6.45) is 6.95. The number of unbranched alkanes of at least 4 members (excludes halogenated alkanes) is 2. The number of carbonyl (C=O) groups is 3. The lowest BCUT2D eigenvalue weighted by molar-refractivity contribution is -0.130. The van der Waals surface area contributed by atoms with Crippen LogP contribution in [0.5, 0.6) is 0 Å². The van der Waals surface area contributed by atoms with Gasteiger partial charge in [0.2, 0.25) is 11.8 Å². The minimum absolute atomic E-state index is 0.104. The number of nitrogens with zero attached hydrogens (tertiary/aromatic N) is 2. The standard InChI is InChI=1S/C27H41N5O3/c1-3-22(33)9-5-4-6-12-25(30-26(34)20-32-17-15-31(2)16-18-32)27(35)28-14-13-21-19-29-24-11-8-7-10-23(21)24/h7-8,10-11,19,25,29H,3-6,9,12-18,20H2,1-2H3,(H,28,35)(H,30,34)/t25-/m0/s1. The Morgan fingerprint density at radius 2 is 1.83 bits per heavy atom. The molecule has 0 aliphatic carbocycles. The highest BCUT2D eigenvalue weighted by Crippen LogP contribution is 2.17. The monoisotopic (exact) mass is 483 g/mol. The Hall–Kier alpha value is -2.71. The molecule has 0 saturated carbocycles. The number of piperazine rings is 1. The molecule has 1 aliphatic rings. The zero-order valence-electron chi connectivity index (χ0n) is 21.3. The third-order valence-corrected chi connectivity index (χ3v) is 6.83. The van der Waals surface area contributed by atoms with Crippen molar-refractivity contribution in [2.75, 3.05) is 46.3 Å². The third kappa shape index (κ3) is 8.78. The Kier molecular flexibility index (Phi) is 10.8. The van der Waals surface area contributed by atoms with Crippen molar-refractivity contribution >= 4 is 28.5 Å². The number of amides is 2. The second-order valence-electron chi connectivity index (χ2n) is 9.59. The lowest BCUT2D eigenvalue weighted by atomic mass is 10.0. The number of para-hydroxylation sites is 1. The molecule has 1 saturated heterocycles. The number of likely N-dealkylation sites (N-methyl/N-ethyl adjacent to an activating group) is 1. The van der Waals surface area contributed by atoms with Crippen LogP contribution in [-0.2, 0) is 20.8 Å². The topological polar surface area (TPSA) is 97.5 Å². The molecular weight excluding hydrogens is 442 g/mol. The number of benzene rings is 1. The normalized spacial score (nSPS) is 15.7. The molecule has 1 fully saturated rings. The van der Waals surface area contributed by atoms with Crippen LogP contribution in [0.4, 0.5) is 0 Å². The first kappa shape index (κ1) is 26.9. The first-order valence-corrected chi connectivity index (χ1v) is 13.0. The van der Waals surface area contributed by atoms with Crippen LogP contribution in [-0.4, -0.2) is 84.7 Å². The minimum atomic E-state index is -0.556. The summed E-state index contributed by atoms with van der Waals surface area (Å²) >= 11 is 0. The lowest BCUT2D eigenvalue weighted by Crippen LogP contribution is -2.52. The van der Waals surface area contributed by atoms with Gasteiger partial charge in [0.15, 0.2) is 0 Å². The summed E-state index contributed by atoms with van der Waals surface area (Å²) in [4.78, 5) is 44.9. The van der Waals surface area contributed by atoms with Crippen molar-refractivity contribution in [2.45, 2.75) is 57.9 Å². The van der Waals surface area contributed by atoms with E-state index < -0.39 is 6.04 Å². The minimum Gasteiger partial charge on any atom is -0.361 e. The third-order valence-electron chi connectivity index (χ3n) is 6.83. The highest BCUT2D eigenvalue weighted by molar-refractivity contribution is 5.88. The number of carbonyl (C=O) groups excluding carboxylic acids is 3. The van der Waals surface area contributed by atoms with Gasteiger partial charge in [-0.1, -0.05) is 38.0 Å². The van der Waals surface area contributed by atoms with Crippen LogP contribution in [0.2, 0.25) is 0 Å². The van der Waals surface area contributed by atoms with Gasteiger partial charge in [0.1, 0.15) is 11.8 Å². The Morgan fingerprint density at radius 3 is 2.60 bits per heavy atom. The summed E-state index contributed by atoms with van der Waals surface area (Å²) in [5, 5.41) is 7.17. The second kappa shape index (κ2) is 14.0. The summed E-state index contributed by atoms with van der Waals surface area (Å²) in [6.45, 7) is 6.32. The van der Waals surface area contributed by atoms with Gasteiger partial charge in [0, 0.05) is 62.7 Å². The van der Waals surface area contributed by atoms with E-state index in [1.807, 2.05) is 31.3 Å². The van der Waals surface area contributed by atoms with Gasteiger partial charge in [-0.3, -0.25) is 19.3 Å². The van der Waals surface area contributed by atoms with Crippen LogP contribution in [0.15, 0.2) is 30.5 Å². The molecule has 1 atom stereocenters. The average Bonchev–Trinajstić information content (AvgIpc) is 3.27. The molecule has 0 unspecified atom stereocenters. The SMILES string of the molecule is CCC(=O)CCCCC[C@H](NC(=O)CN1CCN(C)CC1)C(=O)NCCc1c[nH]c2ccccc12. The number of hydrogen-bond acceptors (Lipinski definition) is 5. The van der Waals surface area contributed by atoms with E-state index >= 15 is 0 Å². The molecule has 2 aromatic rings. The molecule has 0 bridgehead atoms. The Labute approximate surface area is 208 Å². The van der Waals surface area contributed by atoms with E-state index in [4.69, 9.17) is 0 Å². The number of H-pyrrole nitrogens is 1. The van der Waals surface area contributed by atoms with Gasteiger partial charge in [-0.15, -0.1) is 0 Å². The maximum Gasteiger partial charge on any atom is 0.242 e. The summed E-state index contributed by atoms with van der Waals surface area (Å²) in [5.41, 5.74) is 2.25. The summed E-state index contributed by atoms with van der Waals surface area (Å²) in [7, 11) is 2.09. The molecule has 0 spiro atoms. The summed E-state index contributed by atoms with van der Waals surface area (Å²) in [5.74, 6) is 0.0331. The molecule has 8 heteroatoms. The van der Waals surface area contributed by atoms with Crippen LogP contribution in [0, 0.1) is 0 Å². The smallest absolute Gasteiger partial charge is 0.242 e. The van der Waals surface area contributed by atoms with Crippen molar-refractivity contribution in [1.29, 1.82) is 0 Å². The Bertz CT molecular complexity index is 965. The maximum absolute atomic E-state index is 13.0. The maximum atomic E-state index is 13.0. The number of nitrogens with one attached hydrogen (secondary N) is 3. The highest BCUT2D eigenvalue weighted by Gasteiger charge is 2.23. The second-order valence-corrected chi connectivity index (χ2v) is 9.59. The van der Waals surface area contributed by atoms with Crippen molar-refractivity contribution < 1.29 is 14.4 Å². The van der Waals surface area contributed by atoms with Gasteiger partial charge in [-0.25, -0.2) is 0 Å². The van der Waals surface area contributed by atoms with Crippen LogP contribution < -0.4 is 10.6 Å². The molecule has 3 rings (SSSR count). The number of aromatic amines is 1. The van der Waals surface area contributed by atoms with Gasteiger partial charge >= 0.3 is 0 Å². The molecule has 1 aromatic carbocycles. The zero-order chi connectivity index (χ0) is 25.0. The largest absolute Gasteiger partial charge is 0.361 e. The average molecular weight is 484 g/mol. The Morgan fingerprint density at radius 1 is 1.06 bits per heavy atom. The van der Waals surface area contributed by atoms with Gasteiger partial charge < -0.3 is 20.5 Å². The van der Waals surface area contributed by atoms with E-state index in [2.05, 4.69) is 38.5 Å². The number of fused-ring (bicyclic) bond motifs is 1. The molecule has 0 radical (unpaired) electrons. The molecule has 192 valence electrons. The van der Waals surface area contributed by atoms with Gasteiger partial charge in [-0.2, -0.15) is 0 Å². The molecule has 2 heterocycles. The van der Waals surface area contributed by atoms with Gasteiger partial charge in [0.25, 0.3) is 0 Å². The zero-order valence-corrected chi connectivity index (χ0v) is 21.3. The van der Waals surface area contributed by atoms with E-state index in [0.29, 0.717) is 32.4 Å². The quantitative estimate of drug-likeness (QED) is 0.359. The molecular formula is C27H41N5O3. The fourth-order valence-corrected chi connectivity index (χ4v) is 4.52. The molecule has 1 aromatic heterocycles. The molecule has 1 aliphatic heterocycles. The fourth-order valence-electron chi connectivity index (χ4n) is 4.52. The molecule has 35 heavy (non-hydrogen) atoms. The van der Waals surface area contributed by atoms with Crippen LogP contribution in [0.3, 0.4) is 0 Å². The fraction of sp³-hybridized carbons (Fsp3) is 0.593. The Balaban J connectivity index is 1.49. The van der Waals surface area contributed by atoms with E-state index in [1.54, 1.807) is 0 Å². The number of aromatic nitrogens is 1. The molecule has 2 amide bonds. The van der Waals surface area contributed by atoms with Crippen molar-refractivity contribution in [1.82, 2.24) is 25.4 Å². The van der Waals surface area contributed by atoms with Gasteiger partial charge in [0.05, 0.1) is 6.54 Å². The predicted molar refractivity (Wildman–Crippen MR) is 139 cm³/mol. The van der Waals surface area contributed by atoms with Crippen LogP contribution >= 0.6 is 0 Å². The lowest BCUT2D eigenvalue weighted by Gasteiger charge is -2.32. The molecule has 8 nitrogen and oxygen atoms in total. The van der Waals surface area contributed by atoms with E-state index in [1.165, 1.54) is 5.39 Å². The van der Waals surface area contributed by atoms with E-state index in [9.17, 15) is 14.4 Å². The van der Waals surface area contributed by atoms with E-state index in [0.717, 1.165) is 62.9 Å². The van der Waals surface area contributed by atoms with Gasteiger partial charge in [-0.05, 0) is 37.9 Å². The van der Waals surface area contributed by atoms with E-state index in [-0.39, 0.29) is 17.6 Å². The first-order chi connectivity index (χ1) is 17.0.